The van der Waals surface area contributed by atoms with Crippen molar-refractivity contribution in [3.8, 4) is 0 Å². The van der Waals surface area contributed by atoms with Gasteiger partial charge in [0, 0.05) is 13.2 Å². The van der Waals surface area contributed by atoms with Gasteiger partial charge in [-0.05, 0) is 12.8 Å². The second kappa shape index (κ2) is 3.85. The summed E-state index contributed by atoms with van der Waals surface area (Å²) in [5, 5.41) is 0. The molecule has 0 radical (unpaired) electrons. The van der Waals surface area contributed by atoms with Crippen molar-refractivity contribution >= 4 is 0 Å². The molecule has 0 saturated carbocycles. The maximum Gasteiger partial charge on any atom is 0.0696 e. The highest BCUT2D eigenvalue weighted by molar-refractivity contribution is 4.71. The summed E-state index contributed by atoms with van der Waals surface area (Å²) in [5.41, 5.74) is 5.75. The first-order chi connectivity index (χ1) is 4.09. The fourth-order valence-electron chi connectivity index (χ4n) is 0.699. The minimum Gasteiger partial charge on any atom is -0.380 e. The van der Waals surface area contributed by atoms with Gasteiger partial charge in [-0.2, -0.15) is 0 Å². The van der Waals surface area contributed by atoms with Crippen LogP contribution in [0.5, 0.6) is 0 Å². The maximum absolute atomic E-state index is 5.75. The van der Waals surface area contributed by atoms with E-state index in [1.54, 1.807) is 7.11 Å². The molecule has 0 bridgehead atoms. The molecule has 0 aromatic carbocycles. The van der Waals surface area contributed by atoms with Gasteiger partial charge in [-0.15, -0.1) is 0 Å². The molecule has 9 heavy (non-hydrogen) atoms. The van der Waals surface area contributed by atoms with Crippen molar-refractivity contribution in [3.63, 3.8) is 0 Å². The van der Waals surface area contributed by atoms with E-state index < -0.39 is 0 Å². The molecule has 2 heteroatoms. The molecule has 0 spiro atoms. The maximum atomic E-state index is 5.75. The molecule has 0 aliphatic heterocycles. The van der Waals surface area contributed by atoms with Gasteiger partial charge in [0.15, 0.2) is 0 Å². The summed E-state index contributed by atoms with van der Waals surface area (Å²) in [4.78, 5) is 0. The second-order valence-electron chi connectivity index (χ2n) is 2.76. The normalized spacial score (nSPS) is 18.0. The Balaban J connectivity index is 3.58. The highest BCUT2D eigenvalue weighted by atomic mass is 16.5. The number of hydrogen-bond acceptors (Lipinski definition) is 2. The summed E-state index contributed by atoms with van der Waals surface area (Å²) >= 11 is 0. The summed E-state index contributed by atoms with van der Waals surface area (Å²) in [6.45, 7) is 6.19. The number of methoxy groups -OCH3 is 1. The van der Waals surface area contributed by atoms with Gasteiger partial charge in [-0.25, -0.2) is 0 Å². The van der Waals surface area contributed by atoms with Crippen molar-refractivity contribution < 1.29 is 4.74 Å². The molecule has 0 heterocycles. The third-order valence-electron chi connectivity index (χ3n) is 1.68. The molecular weight excluding hydrogens is 114 g/mol. The summed E-state index contributed by atoms with van der Waals surface area (Å²) in [5.74, 6) is 0.500. The van der Waals surface area contributed by atoms with Gasteiger partial charge in [0.2, 0.25) is 0 Å². The Morgan fingerprint density at radius 2 is 1.67 bits per heavy atom. The van der Waals surface area contributed by atoms with Gasteiger partial charge in [-0.1, -0.05) is 13.8 Å². The Morgan fingerprint density at radius 3 is 1.78 bits per heavy atom. The topological polar surface area (TPSA) is 35.2 Å². The van der Waals surface area contributed by atoms with Crippen LogP contribution in [0.15, 0.2) is 0 Å². The number of hydrogen-bond donors (Lipinski definition) is 1. The number of rotatable bonds is 3. The van der Waals surface area contributed by atoms with Gasteiger partial charge >= 0.3 is 0 Å². The molecule has 0 aromatic rings. The van der Waals surface area contributed by atoms with E-state index in [9.17, 15) is 0 Å². The van der Waals surface area contributed by atoms with Gasteiger partial charge in [0.1, 0.15) is 0 Å². The molecule has 0 amide bonds. The van der Waals surface area contributed by atoms with E-state index in [4.69, 9.17) is 10.5 Å². The zero-order chi connectivity index (χ0) is 7.44. The van der Waals surface area contributed by atoms with E-state index in [-0.39, 0.29) is 12.1 Å². The Labute approximate surface area is 57.4 Å². The molecular formula is C7H17NO. The first kappa shape index (κ1) is 8.92. The molecule has 0 aliphatic carbocycles. The zero-order valence-electron chi connectivity index (χ0n) is 6.72. The van der Waals surface area contributed by atoms with Crippen LogP contribution >= 0.6 is 0 Å². The first-order valence-corrected chi connectivity index (χ1v) is 3.38. The van der Waals surface area contributed by atoms with E-state index >= 15 is 0 Å². The van der Waals surface area contributed by atoms with Crippen molar-refractivity contribution in [1.29, 1.82) is 0 Å². The third-order valence-corrected chi connectivity index (χ3v) is 1.68. The summed E-state index contributed by atoms with van der Waals surface area (Å²) in [6.07, 6.45) is 0.171. The van der Waals surface area contributed by atoms with Gasteiger partial charge in [-0.3, -0.25) is 0 Å². The van der Waals surface area contributed by atoms with Crippen LogP contribution in [0.3, 0.4) is 0 Å². The summed E-state index contributed by atoms with van der Waals surface area (Å²) < 4.78 is 5.05. The lowest BCUT2D eigenvalue weighted by atomic mass is 10.0. The molecule has 0 aromatic heterocycles. The van der Waals surface area contributed by atoms with Crippen molar-refractivity contribution in [1.82, 2.24) is 0 Å². The summed E-state index contributed by atoms with van der Waals surface area (Å²) in [7, 11) is 1.69. The molecule has 0 aliphatic rings. The molecule has 0 rings (SSSR count). The standard InChI is InChI=1S/C7H17NO/c1-5(2)7(8)6(3)9-4/h5-7H,8H2,1-4H3. The smallest absolute Gasteiger partial charge is 0.0696 e. The van der Waals surface area contributed by atoms with Crippen molar-refractivity contribution in [2.45, 2.75) is 32.9 Å². The Bertz CT molecular complexity index is 73.3. The quantitative estimate of drug-likeness (QED) is 0.620. The van der Waals surface area contributed by atoms with Gasteiger partial charge < -0.3 is 10.5 Å². The van der Waals surface area contributed by atoms with Crippen LogP contribution in [0.25, 0.3) is 0 Å². The highest BCUT2D eigenvalue weighted by Gasteiger charge is 2.14. The monoisotopic (exact) mass is 131 g/mol. The van der Waals surface area contributed by atoms with Crippen molar-refractivity contribution in [3.05, 3.63) is 0 Å². The van der Waals surface area contributed by atoms with E-state index in [2.05, 4.69) is 13.8 Å². The lowest BCUT2D eigenvalue weighted by molar-refractivity contribution is 0.0815. The van der Waals surface area contributed by atoms with Crippen LogP contribution in [0.2, 0.25) is 0 Å². The average molecular weight is 131 g/mol. The SMILES string of the molecule is COC(C)C(N)C(C)C. The number of nitrogens with two attached hydrogens (primary N) is 1. The van der Waals surface area contributed by atoms with Crippen LogP contribution in [-0.2, 0) is 4.74 Å². The van der Waals surface area contributed by atoms with Gasteiger partial charge in [0.25, 0.3) is 0 Å². The summed E-state index contributed by atoms with van der Waals surface area (Å²) in [6, 6.07) is 0.162. The van der Waals surface area contributed by atoms with Gasteiger partial charge in [0.05, 0.1) is 6.10 Å². The van der Waals surface area contributed by atoms with E-state index in [1.165, 1.54) is 0 Å². The van der Waals surface area contributed by atoms with E-state index in [0.29, 0.717) is 5.92 Å². The lowest BCUT2D eigenvalue weighted by Gasteiger charge is -2.21. The molecule has 2 atom stereocenters. The Kier molecular flexibility index (Phi) is 3.82. The Morgan fingerprint density at radius 1 is 1.22 bits per heavy atom. The predicted molar refractivity (Wildman–Crippen MR) is 39.3 cm³/mol. The fraction of sp³-hybridized carbons (Fsp3) is 1.00. The third kappa shape index (κ3) is 2.82. The lowest BCUT2D eigenvalue weighted by Crippen LogP contribution is -2.38. The first-order valence-electron chi connectivity index (χ1n) is 3.38. The predicted octanol–water partition coefficient (Wildman–Crippen LogP) is 1.00. The average Bonchev–Trinajstić information content (AvgIpc) is 1.84. The van der Waals surface area contributed by atoms with Crippen LogP contribution in [-0.4, -0.2) is 19.3 Å². The van der Waals surface area contributed by atoms with Crippen LogP contribution in [0.1, 0.15) is 20.8 Å². The van der Waals surface area contributed by atoms with E-state index in [1.807, 2.05) is 6.92 Å². The highest BCUT2D eigenvalue weighted by Crippen LogP contribution is 2.04. The molecule has 2 nitrogen and oxygen atoms in total. The minimum atomic E-state index is 0.162. The number of ether oxygens (including phenoxy) is 1. The molecule has 0 fully saturated rings. The molecule has 2 unspecified atom stereocenters. The fourth-order valence-corrected chi connectivity index (χ4v) is 0.699. The van der Waals surface area contributed by atoms with Crippen LogP contribution in [0.4, 0.5) is 0 Å². The molecule has 56 valence electrons. The molecule has 2 N–H and O–H groups in total. The largest absolute Gasteiger partial charge is 0.380 e. The van der Waals surface area contributed by atoms with Crippen LogP contribution < -0.4 is 5.73 Å². The zero-order valence-corrected chi connectivity index (χ0v) is 6.72. The minimum absolute atomic E-state index is 0.162. The van der Waals surface area contributed by atoms with Crippen molar-refractivity contribution in [2.24, 2.45) is 11.7 Å². The van der Waals surface area contributed by atoms with Crippen LogP contribution in [0, 0.1) is 5.92 Å². The van der Waals surface area contributed by atoms with Crippen molar-refractivity contribution in [2.75, 3.05) is 7.11 Å². The second-order valence-corrected chi connectivity index (χ2v) is 2.76. The Hall–Kier alpha value is -0.0800. The van der Waals surface area contributed by atoms with E-state index in [0.717, 1.165) is 0 Å². The molecule has 0 saturated heterocycles.